The van der Waals surface area contributed by atoms with Crippen LogP contribution in [-0.2, 0) is 19.1 Å². The minimum absolute atomic E-state index is 0.109. The highest BCUT2D eigenvalue weighted by Crippen LogP contribution is 1.75. The Bertz CT molecular complexity index is 126. The molecule has 0 spiro atoms. The van der Waals surface area contributed by atoms with Crippen LogP contribution in [0.25, 0.3) is 0 Å². The number of hydrogen-bond donors (Lipinski definition) is 1. The van der Waals surface area contributed by atoms with Gasteiger partial charge in [-0.3, -0.25) is 14.9 Å². The molecule has 1 N–H and O–H groups in total. The minimum atomic E-state index is -0.448. The predicted molar refractivity (Wildman–Crippen MR) is 36.9 cm³/mol. The largest absolute Gasteiger partial charge is 0.382 e. The van der Waals surface area contributed by atoms with Crippen LogP contribution in [0.5, 0.6) is 0 Å². The molecule has 0 atom stereocenters. The molecule has 0 aromatic rings. The van der Waals surface area contributed by atoms with E-state index in [0.717, 1.165) is 0 Å². The maximum atomic E-state index is 10.5. The highest BCUT2D eigenvalue weighted by Gasteiger charge is 1.97. The van der Waals surface area contributed by atoms with Gasteiger partial charge in [-0.25, -0.2) is 0 Å². The number of nitrogens with one attached hydrogen (secondary N) is 1. The van der Waals surface area contributed by atoms with E-state index in [1.54, 1.807) is 0 Å². The van der Waals surface area contributed by atoms with Crippen molar-refractivity contribution >= 4 is 12.3 Å². The molecule has 0 unspecified atom stereocenters. The van der Waals surface area contributed by atoms with E-state index < -0.39 is 5.91 Å². The van der Waals surface area contributed by atoms with E-state index in [0.29, 0.717) is 19.6 Å². The third-order valence-electron chi connectivity index (χ3n) is 0.885. The average Bonchev–Trinajstić information content (AvgIpc) is 1.99. The molecule has 0 fully saturated rings. The molecule has 11 heavy (non-hydrogen) atoms. The van der Waals surface area contributed by atoms with E-state index in [9.17, 15) is 9.59 Å². The lowest BCUT2D eigenvalue weighted by molar-refractivity contribution is -0.129. The Balaban J connectivity index is 3.10. The van der Waals surface area contributed by atoms with E-state index in [-0.39, 0.29) is 6.61 Å². The van der Waals surface area contributed by atoms with Crippen LogP contribution >= 0.6 is 0 Å². The van der Waals surface area contributed by atoms with Crippen molar-refractivity contribution in [2.24, 2.45) is 0 Å². The summed E-state index contributed by atoms with van der Waals surface area (Å²) in [6, 6.07) is 0. The number of ether oxygens (including phenoxy) is 2. The van der Waals surface area contributed by atoms with Crippen LogP contribution in [0.1, 0.15) is 0 Å². The SMILES string of the molecule is COCCOCC(=O)NC=O. The summed E-state index contributed by atoms with van der Waals surface area (Å²) in [6.07, 6.45) is 0.321. The Kier molecular flexibility index (Phi) is 6.56. The van der Waals surface area contributed by atoms with Gasteiger partial charge in [0.1, 0.15) is 6.61 Å². The minimum Gasteiger partial charge on any atom is -0.382 e. The van der Waals surface area contributed by atoms with Gasteiger partial charge in [0.05, 0.1) is 13.2 Å². The zero-order chi connectivity index (χ0) is 8.53. The molecule has 0 saturated heterocycles. The zero-order valence-corrected chi connectivity index (χ0v) is 6.33. The van der Waals surface area contributed by atoms with Crippen LogP contribution in [0.4, 0.5) is 0 Å². The summed E-state index contributed by atoms with van der Waals surface area (Å²) in [5.41, 5.74) is 0. The normalized spacial score (nSPS) is 9.18. The summed E-state index contributed by atoms with van der Waals surface area (Å²) >= 11 is 0. The van der Waals surface area contributed by atoms with Crippen molar-refractivity contribution in [2.45, 2.75) is 0 Å². The maximum Gasteiger partial charge on any atom is 0.252 e. The van der Waals surface area contributed by atoms with Crippen LogP contribution in [0.2, 0.25) is 0 Å². The second-order valence-electron chi connectivity index (χ2n) is 1.73. The van der Waals surface area contributed by atoms with E-state index in [4.69, 9.17) is 4.74 Å². The lowest BCUT2D eigenvalue weighted by atomic mass is 10.6. The van der Waals surface area contributed by atoms with Gasteiger partial charge in [-0.05, 0) is 0 Å². The molecule has 2 amide bonds. The van der Waals surface area contributed by atoms with Crippen molar-refractivity contribution in [1.82, 2.24) is 5.32 Å². The molecule has 0 aliphatic rings. The summed E-state index contributed by atoms with van der Waals surface area (Å²) in [4.78, 5) is 20.2. The summed E-state index contributed by atoms with van der Waals surface area (Å²) in [6.45, 7) is 0.680. The highest BCUT2D eigenvalue weighted by molar-refractivity contribution is 5.86. The fourth-order valence-corrected chi connectivity index (χ4v) is 0.415. The van der Waals surface area contributed by atoms with Crippen molar-refractivity contribution in [3.05, 3.63) is 0 Å². The van der Waals surface area contributed by atoms with Crippen LogP contribution in [-0.4, -0.2) is 39.2 Å². The zero-order valence-electron chi connectivity index (χ0n) is 6.33. The average molecular weight is 161 g/mol. The number of imide groups is 1. The number of carbonyl (C=O) groups is 2. The smallest absolute Gasteiger partial charge is 0.252 e. The molecule has 0 saturated carbocycles. The van der Waals surface area contributed by atoms with Crippen molar-refractivity contribution in [1.29, 1.82) is 0 Å². The Morgan fingerprint density at radius 3 is 2.82 bits per heavy atom. The van der Waals surface area contributed by atoms with Crippen LogP contribution in [0.15, 0.2) is 0 Å². The summed E-state index contributed by atoms with van der Waals surface area (Å²) in [5.74, 6) is -0.448. The first-order valence-corrected chi connectivity index (χ1v) is 3.11. The first-order chi connectivity index (χ1) is 5.31. The molecule has 0 heterocycles. The molecule has 0 aromatic carbocycles. The van der Waals surface area contributed by atoms with Gasteiger partial charge in [-0.1, -0.05) is 0 Å². The number of amides is 2. The van der Waals surface area contributed by atoms with Gasteiger partial charge < -0.3 is 9.47 Å². The first-order valence-electron chi connectivity index (χ1n) is 3.11. The second kappa shape index (κ2) is 7.17. The van der Waals surface area contributed by atoms with Crippen molar-refractivity contribution in [3.8, 4) is 0 Å². The van der Waals surface area contributed by atoms with Gasteiger partial charge in [0.2, 0.25) is 6.41 Å². The van der Waals surface area contributed by atoms with Gasteiger partial charge in [0.15, 0.2) is 0 Å². The Labute approximate surface area is 64.7 Å². The maximum absolute atomic E-state index is 10.5. The fourth-order valence-electron chi connectivity index (χ4n) is 0.415. The number of methoxy groups -OCH3 is 1. The summed E-state index contributed by atoms with van der Waals surface area (Å²) in [5, 5.41) is 1.94. The van der Waals surface area contributed by atoms with Crippen LogP contribution < -0.4 is 5.32 Å². The molecule has 0 bridgehead atoms. The van der Waals surface area contributed by atoms with Crippen LogP contribution in [0, 0.1) is 0 Å². The van der Waals surface area contributed by atoms with Gasteiger partial charge in [-0.15, -0.1) is 0 Å². The molecular weight excluding hydrogens is 150 g/mol. The van der Waals surface area contributed by atoms with Gasteiger partial charge in [-0.2, -0.15) is 0 Å². The lowest BCUT2D eigenvalue weighted by Gasteiger charge is -2.00. The first kappa shape index (κ1) is 10.1. The standard InChI is InChI=1S/C6H11NO4/c1-10-2-3-11-4-6(9)7-5-8/h5H,2-4H2,1H3,(H,7,8,9). The Morgan fingerprint density at radius 2 is 2.27 bits per heavy atom. The van der Waals surface area contributed by atoms with Crippen molar-refractivity contribution in [3.63, 3.8) is 0 Å². The highest BCUT2D eigenvalue weighted by atomic mass is 16.5. The van der Waals surface area contributed by atoms with E-state index in [1.165, 1.54) is 7.11 Å². The summed E-state index contributed by atoms with van der Waals surface area (Å²) < 4.78 is 9.45. The topological polar surface area (TPSA) is 64.6 Å². The number of rotatable bonds is 6. The van der Waals surface area contributed by atoms with E-state index >= 15 is 0 Å². The quantitative estimate of drug-likeness (QED) is 0.397. The second-order valence-corrected chi connectivity index (χ2v) is 1.73. The number of carbonyl (C=O) groups excluding carboxylic acids is 2. The number of hydrogen-bond acceptors (Lipinski definition) is 4. The Morgan fingerprint density at radius 1 is 1.55 bits per heavy atom. The molecule has 0 aliphatic carbocycles. The monoisotopic (exact) mass is 161 g/mol. The van der Waals surface area contributed by atoms with Gasteiger partial charge in [0.25, 0.3) is 5.91 Å². The molecule has 0 aromatic heterocycles. The molecule has 5 heteroatoms. The molecular formula is C6H11NO4. The third-order valence-corrected chi connectivity index (χ3v) is 0.885. The third kappa shape index (κ3) is 6.95. The fraction of sp³-hybridized carbons (Fsp3) is 0.667. The van der Waals surface area contributed by atoms with E-state index in [2.05, 4.69) is 4.74 Å². The molecule has 0 aliphatic heterocycles. The van der Waals surface area contributed by atoms with Crippen molar-refractivity contribution in [2.75, 3.05) is 26.9 Å². The molecule has 0 rings (SSSR count). The summed E-state index contributed by atoms with van der Waals surface area (Å²) in [7, 11) is 1.54. The van der Waals surface area contributed by atoms with Crippen molar-refractivity contribution < 1.29 is 19.1 Å². The molecule has 64 valence electrons. The lowest BCUT2D eigenvalue weighted by Crippen LogP contribution is -2.26. The van der Waals surface area contributed by atoms with Gasteiger partial charge >= 0.3 is 0 Å². The molecule has 0 radical (unpaired) electrons. The van der Waals surface area contributed by atoms with Gasteiger partial charge in [0, 0.05) is 7.11 Å². The van der Waals surface area contributed by atoms with Crippen LogP contribution in [0.3, 0.4) is 0 Å². The Hall–Kier alpha value is -0.940. The predicted octanol–water partition coefficient (Wildman–Crippen LogP) is -1.08. The van der Waals surface area contributed by atoms with E-state index in [1.807, 2.05) is 5.32 Å². The molecule has 5 nitrogen and oxygen atoms in total.